The molecule has 0 fully saturated rings. The number of carbonyl (C=O) groups excluding carboxylic acids is 1. The van der Waals surface area contributed by atoms with Crippen molar-refractivity contribution in [3.63, 3.8) is 0 Å². The van der Waals surface area contributed by atoms with E-state index in [2.05, 4.69) is 20.9 Å². The minimum atomic E-state index is -0.356. The normalized spacial score (nSPS) is 10.6. The second-order valence-corrected chi connectivity index (χ2v) is 7.72. The zero-order valence-corrected chi connectivity index (χ0v) is 18.1. The molecule has 0 saturated heterocycles. The van der Waals surface area contributed by atoms with Gasteiger partial charge in [0, 0.05) is 34.5 Å². The van der Waals surface area contributed by atoms with Crippen LogP contribution in [0.5, 0.6) is 0 Å². The molecule has 1 amide bonds. The Morgan fingerprint density at radius 3 is 2.24 bits per heavy atom. The molecule has 0 bridgehead atoms. The molecule has 6 heteroatoms. The number of hydrogen-bond donors (Lipinski definition) is 3. The van der Waals surface area contributed by atoms with Gasteiger partial charge in [-0.3, -0.25) is 9.78 Å². The number of rotatable bonds is 6. The summed E-state index contributed by atoms with van der Waals surface area (Å²) in [7, 11) is 0. The lowest BCUT2D eigenvalue weighted by atomic mass is 10.1. The van der Waals surface area contributed by atoms with Gasteiger partial charge in [0.15, 0.2) is 0 Å². The van der Waals surface area contributed by atoms with Gasteiger partial charge in [0.25, 0.3) is 5.91 Å². The maximum Gasteiger partial charge on any atom is 0.255 e. The monoisotopic (exact) mass is 448 g/mol. The first-order valence-corrected chi connectivity index (χ1v) is 10.8. The Balaban J connectivity index is 1.33. The summed E-state index contributed by atoms with van der Waals surface area (Å²) in [5.74, 6) is -0.600. The molecule has 0 aliphatic carbocycles. The number of nitrogens with zero attached hydrogens (tertiary/aromatic N) is 1. The highest BCUT2D eigenvalue weighted by atomic mass is 19.1. The highest BCUT2D eigenvalue weighted by Crippen LogP contribution is 2.28. The van der Waals surface area contributed by atoms with Crippen molar-refractivity contribution in [1.29, 1.82) is 0 Å². The highest BCUT2D eigenvalue weighted by Gasteiger charge is 2.10. The molecule has 5 nitrogen and oxygen atoms in total. The third kappa shape index (κ3) is 4.71. The lowest BCUT2D eigenvalue weighted by molar-refractivity contribution is 0.102. The summed E-state index contributed by atoms with van der Waals surface area (Å²) in [5.41, 5.74) is 4.79. The highest BCUT2D eigenvalue weighted by molar-refractivity contribution is 6.05. The van der Waals surface area contributed by atoms with Crippen molar-refractivity contribution in [2.24, 2.45) is 0 Å². The summed E-state index contributed by atoms with van der Waals surface area (Å²) < 4.78 is 14.4. The summed E-state index contributed by atoms with van der Waals surface area (Å²) in [4.78, 5) is 17.1. The number of carbonyl (C=O) groups is 1. The molecule has 5 rings (SSSR count). The van der Waals surface area contributed by atoms with Crippen molar-refractivity contribution in [2.75, 3.05) is 16.0 Å². The van der Waals surface area contributed by atoms with Crippen molar-refractivity contribution in [3.8, 4) is 0 Å². The number of fused-ring (bicyclic) bond motifs is 1. The molecule has 0 unspecified atom stereocenters. The molecule has 166 valence electrons. The van der Waals surface area contributed by atoms with Gasteiger partial charge in [0.2, 0.25) is 0 Å². The van der Waals surface area contributed by atoms with E-state index in [4.69, 9.17) is 0 Å². The van der Waals surface area contributed by atoms with Crippen LogP contribution >= 0.6 is 0 Å². The molecule has 0 saturated carbocycles. The Morgan fingerprint density at radius 2 is 1.38 bits per heavy atom. The predicted octanol–water partition coefficient (Wildman–Crippen LogP) is 7.11. The van der Waals surface area contributed by atoms with Gasteiger partial charge in [-0.15, -0.1) is 0 Å². The molecule has 0 aliphatic rings. The van der Waals surface area contributed by atoms with Gasteiger partial charge in [-0.05, 0) is 66.7 Å². The number of hydrogen-bond acceptors (Lipinski definition) is 4. The van der Waals surface area contributed by atoms with E-state index in [0.717, 1.165) is 11.4 Å². The molecule has 0 spiro atoms. The smallest absolute Gasteiger partial charge is 0.255 e. The van der Waals surface area contributed by atoms with E-state index in [1.807, 2.05) is 60.7 Å². The quantitative estimate of drug-likeness (QED) is 0.259. The van der Waals surface area contributed by atoms with E-state index in [1.165, 1.54) is 6.07 Å². The molecule has 1 aromatic heterocycles. The van der Waals surface area contributed by atoms with Crippen molar-refractivity contribution in [2.45, 2.75) is 0 Å². The summed E-state index contributed by atoms with van der Waals surface area (Å²) in [6, 6.07) is 30.9. The molecule has 4 aromatic carbocycles. The standard InChI is InChI=1S/C28H21FN4O/c29-24-13-6-14-25-27(24)26(15-16-30-25)32-21-10-4-7-19(17-21)28(34)33-23-12-5-11-22(18-23)31-20-8-2-1-3-9-20/h1-18,31H,(H,30,32)(H,33,34). The molecule has 0 atom stereocenters. The van der Waals surface area contributed by atoms with E-state index in [1.54, 1.807) is 42.6 Å². The summed E-state index contributed by atoms with van der Waals surface area (Å²) in [6.45, 7) is 0. The number of aromatic nitrogens is 1. The number of halogens is 1. The predicted molar refractivity (Wildman–Crippen MR) is 136 cm³/mol. The van der Waals surface area contributed by atoms with Crippen LogP contribution in [0, 0.1) is 5.82 Å². The minimum Gasteiger partial charge on any atom is -0.355 e. The molecule has 1 heterocycles. The summed E-state index contributed by atoms with van der Waals surface area (Å²) >= 11 is 0. The van der Waals surface area contributed by atoms with Crippen LogP contribution in [-0.2, 0) is 0 Å². The van der Waals surface area contributed by atoms with Gasteiger partial charge in [-0.2, -0.15) is 0 Å². The first-order valence-electron chi connectivity index (χ1n) is 10.8. The second-order valence-electron chi connectivity index (χ2n) is 7.72. The molecular weight excluding hydrogens is 427 g/mol. The molecular formula is C28H21FN4O. The zero-order chi connectivity index (χ0) is 23.3. The zero-order valence-electron chi connectivity index (χ0n) is 18.1. The Bertz CT molecular complexity index is 1470. The van der Waals surface area contributed by atoms with Gasteiger partial charge in [0.05, 0.1) is 16.6 Å². The average Bonchev–Trinajstić information content (AvgIpc) is 2.85. The fourth-order valence-corrected chi connectivity index (χ4v) is 3.73. The summed E-state index contributed by atoms with van der Waals surface area (Å²) in [5, 5.41) is 9.87. The van der Waals surface area contributed by atoms with Crippen LogP contribution in [0.3, 0.4) is 0 Å². The van der Waals surface area contributed by atoms with Crippen LogP contribution in [0.1, 0.15) is 10.4 Å². The van der Waals surface area contributed by atoms with Crippen molar-refractivity contribution >= 4 is 45.2 Å². The van der Waals surface area contributed by atoms with Crippen LogP contribution in [0.2, 0.25) is 0 Å². The fourth-order valence-electron chi connectivity index (χ4n) is 3.73. The Morgan fingerprint density at radius 1 is 0.676 bits per heavy atom. The molecule has 5 aromatic rings. The van der Waals surface area contributed by atoms with Crippen LogP contribution in [0.4, 0.5) is 32.8 Å². The first-order chi connectivity index (χ1) is 16.7. The van der Waals surface area contributed by atoms with Crippen molar-refractivity contribution in [3.05, 3.63) is 121 Å². The Labute approximate surface area is 196 Å². The van der Waals surface area contributed by atoms with Crippen LogP contribution in [0.25, 0.3) is 10.9 Å². The van der Waals surface area contributed by atoms with E-state index in [9.17, 15) is 9.18 Å². The second kappa shape index (κ2) is 9.42. The summed E-state index contributed by atoms with van der Waals surface area (Å²) in [6.07, 6.45) is 1.62. The van der Waals surface area contributed by atoms with E-state index >= 15 is 0 Å². The third-order valence-electron chi connectivity index (χ3n) is 5.30. The Kier molecular flexibility index (Phi) is 5.86. The SMILES string of the molecule is O=C(Nc1cccc(Nc2ccccc2)c1)c1cccc(Nc2ccnc3cccc(F)c23)c1. The molecule has 0 radical (unpaired) electrons. The van der Waals surface area contributed by atoms with Crippen molar-refractivity contribution in [1.82, 2.24) is 4.98 Å². The molecule has 0 aliphatic heterocycles. The van der Waals surface area contributed by atoms with Gasteiger partial charge < -0.3 is 16.0 Å². The van der Waals surface area contributed by atoms with Gasteiger partial charge >= 0.3 is 0 Å². The lowest BCUT2D eigenvalue weighted by Gasteiger charge is -2.12. The number of amides is 1. The largest absolute Gasteiger partial charge is 0.355 e. The van der Waals surface area contributed by atoms with Gasteiger partial charge in [-0.1, -0.05) is 36.4 Å². The molecule has 3 N–H and O–H groups in total. The first kappa shape index (κ1) is 21.2. The van der Waals surface area contributed by atoms with Crippen molar-refractivity contribution < 1.29 is 9.18 Å². The van der Waals surface area contributed by atoms with Crippen LogP contribution in [0.15, 0.2) is 109 Å². The van der Waals surface area contributed by atoms with E-state index in [0.29, 0.717) is 33.5 Å². The van der Waals surface area contributed by atoms with Gasteiger partial charge in [-0.25, -0.2) is 4.39 Å². The number of anilines is 5. The third-order valence-corrected chi connectivity index (χ3v) is 5.30. The number of para-hydroxylation sites is 1. The fraction of sp³-hybridized carbons (Fsp3) is 0. The lowest BCUT2D eigenvalue weighted by Crippen LogP contribution is -2.12. The minimum absolute atomic E-state index is 0.244. The topological polar surface area (TPSA) is 66.1 Å². The van der Waals surface area contributed by atoms with Gasteiger partial charge in [0.1, 0.15) is 5.82 Å². The molecule has 34 heavy (non-hydrogen) atoms. The Hall–Kier alpha value is -4.71. The number of nitrogens with one attached hydrogen (secondary N) is 3. The van der Waals surface area contributed by atoms with Crippen LogP contribution in [-0.4, -0.2) is 10.9 Å². The number of pyridine rings is 1. The maximum absolute atomic E-state index is 14.4. The number of benzene rings is 4. The average molecular weight is 449 g/mol. The van der Waals surface area contributed by atoms with Crippen LogP contribution < -0.4 is 16.0 Å². The van der Waals surface area contributed by atoms with E-state index in [-0.39, 0.29) is 11.7 Å². The van der Waals surface area contributed by atoms with E-state index < -0.39 is 0 Å². The maximum atomic E-state index is 14.4.